The van der Waals surface area contributed by atoms with Crippen LogP contribution >= 0.6 is 62.3 Å². The van der Waals surface area contributed by atoms with Crippen molar-refractivity contribution in [2.24, 2.45) is 0 Å². The maximum atomic E-state index is 14.0. The number of hydrogen-bond acceptors (Lipinski definition) is 16. The summed E-state index contributed by atoms with van der Waals surface area (Å²) in [5, 5.41) is 44.3. The molecule has 43 heteroatoms. The molecular formula is C64H57BrCl4F10N8O16S4. The van der Waals surface area contributed by atoms with E-state index >= 15 is 0 Å². The van der Waals surface area contributed by atoms with Crippen LogP contribution in [0, 0.1) is 58.2 Å². The Morgan fingerprint density at radius 2 is 0.701 bits per heavy atom. The van der Waals surface area contributed by atoms with E-state index in [0.717, 1.165) is 44.2 Å². The van der Waals surface area contributed by atoms with Gasteiger partial charge < -0.3 is 41.7 Å². The second-order valence-corrected chi connectivity index (χ2v) is 32.0. The molecule has 0 unspecified atom stereocenters. The van der Waals surface area contributed by atoms with E-state index in [1.54, 1.807) is 0 Å². The predicted octanol–water partition coefficient (Wildman–Crippen LogP) is 11.0. The molecule has 0 saturated heterocycles. The lowest BCUT2D eigenvalue weighted by Crippen LogP contribution is -2.30. The van der Waals surface area contributed by atoms with Gasteiger partial charge >= 0.3 is 0 Å². The van der Waals surface area contributed by atoms with Gasteiger partial charge in [0, 0.05) is 119 Å². The molecule has 107 heavy (non-hydrogen) atoms. The number of nitrogens with one attached hydrogen (secondary N) is 4. The quantitative estimate of drug-likeness (QED) is 0.0206. The van der Waals surface area contributed by atoms with Crippen LogP contribution < -0.4 is 21.3 Å². The van der Waals surface area contributed by atoms with Crippen LogP contribution in [0.25, 0.3) is 0 Å². The molecule has 578 valence electrons. The summed E-state index contributed by atoms with van der Waals surface area (Å²) < 4.78 is 236. The Morgan fingerprint density at radius 1 is 0.346 bits per heavy atom. The van der Waals surface area contributed by atoms with E-state index in [9.17, 15) is 96.8 Å². The number of aliphatic hydroxyl groups is 4. The van der Waals surface area contributed by atoms with Crippen LogP contribution in [-0.4, -0.2) is 176 Å². The van der Waals surface area contributed by atoms with Gasteiger partial charge in [0.1, 0.15) is 38.0 Å². The maximum absolute atomic E-state index is 14.0. The van der Waals surface area contributed by atoms with Crippen molar-refractivity contribution >= 4 is 149 Å². The van der Waals surface area contributed by atoms with Crippen molar-refractivity contribution in [1.29, 1.82) is 0 Å². The third-order valence-corrected chi connectivity index (χ3v) is 23.7. The van der Waals surface area contributed by atoms with E-state index < -0.39 is 158 Å². The summed E-state index contributed by atoms with van der Waals surface area (Å²) in [6.45, 7) is -2.49. The number of aliphatic hydroxyl groups excluding tert-OH is 4. The van der Waals surface area contributed by atoms with Gasteiger partial charge in [0.15, 0.2) is 34.9 Å². The summed E-state index contributed by atoms with van der Waals surface area (Å²) in [4.78, 5) is 47.4. The average Bonchev–Trinajstić information content (AvgIpc) is 0.795. The Balaban J connectivity index is 0.000000256. The molecule has 0 fully saturated rings. The number of anilines is 4. The number of amides is 4. The molecular weight excluding hydrogens is 1680 g/mol. The van der Waals surface area contributed by atoms with E-state index in [4.69, 9.17) is 66.8 Å². The van der Waals surface area contributed by atoms with Gasteiger partial charge in [-0.15, -0.1) is 0 Å². The molecule has 0 bridgehead atoms. The third-order valence-electron chi connectivity index (χ3n) is 14.1. The molecule has 0 heterocycles. The van der Waals surface area contributed by atoms with E-state index in [2.05, 4.69) is 31.9 Å². The van der Waals surface area contributed by atoms with Gasteiger partial charge in [0.25, 0.3) is 23.6 Å². The molecule has 8 aromatic rings. The number of nitrogens with zero attached hydrogens (tertiary/aromatic N) is 4. The molecule has 24 nitrogen and oxygen atoms in total. The molecule has 8 rings (SSSR count). The summed E-state index contributed by atoms with van der Waals surface area (Å²) in [6.07, 6.45) is 0. The zero-order valence-corrected chi connectivity index (χ0v) is 62.9. The first-order valence-corrected chi connectivity index (χ1v) is 37.6. The Hall–Kier alpha value is -7.94. The molecule has 0 aliphatic rings. The Labute approximate surface area is 633 Å². The second kappa shape index (κ2) is 38.9. The van der Waals surface area contributed by atoms with E-state index in [1.165, 1.54) is 87.9 Å². The van der Waals surface area contributed by atoms with Crippen molar-refractivity contribution in [3.63, 3.8) is 0 Å². The molecule has 8 aromatic carbocycles. The number of carbonyl (C=O) groups is 4. The zero-order chi connectivity index (χ0) is 80.5. The highest BCUT2D eigenvalue weighted by atomic mass is 79.9. The predicted molar refractivity (Wildman–Crippen MR) is 378 cm³/mol. The highest BCUT2D eigenvalue weighted by Gasteiger charge is 2.31. The fraction of sp³-hybridized carbons (Fsp3) is 0.188. The minimum absolute atomic E-state index is 0.0412. The van der Waals surface area contributed by atoms with E-state index in [-0.39, 0.29) is 106 Å². The van der Waals surface area contributed by atoms with E-state index in [0.29, 0.717) is 40.3 Å². The van der Waals surface area contributed by atoms with Crippen LogP contribution in [0.5, 0.6) is 0 Å². The molecule has 0 aliphatic heterocycles. The molecule has 0 spiro atoms. The van der Waals surface area contributed by atoms with Gasteiger partial charge in [-0.2, -0.15) is 17.2 Å². The minimum atomic E-state index is -4.51. The lowest BCUT2D eigenvalue weighted by atomic mass is 10.2. The number of halogens is 15. The molecule has 0 saturated carbocycles. The van der Waals surface area contributed by atoms with Crippen LogP contribution in [0.2, 0.25) is 20.1 Å². The Morgan fingerprint density at radius 3 is 1.11 bits per heavy atom. The monoisotopic (exact) mass is 1730 g/mol. The maximum Gasteiger partial charge on any atom is 0.258 e. The number of likely N-dealkylation sites (N-methyl/N-ethyl adjacent to an activating group) is 4. The van der Waals surface area contributed by atoms with Crippen LogP contribution in [0.1, 0.15) is 41.4 Å². The first kappa shape index (κ1) is 89.7. The molecule has 0 aromatic heterocycles. The number of carbonyl (C=O) groups excluding carboxylic acids is 4. The van der Waals surface area contributed by atoms with Crippen molar-refractivity contribution < 1.29 is 117 Å². The fourth-order valence-electron chi connectivity index (χ4n) is 8.36. The second-order valence-electron chi connectivity index (χ2n) is 21.5. The SMILES string of the molecule is CN(CCO)S(=O)(=O)c1cc(C(=O)Nc2cc(F)c(F)c(F)c2)c(F)cc1F.CN(CCO)S(=O)(=O)c1cc(C(=O)Nc2cc(F)c(F)c(F)c2)ccc1Cl.CN(CCO)S(=O)(=O)c1cc(C(=O)Nc2ccc(F)c(Br)c2)ccc1Cl.CN(CCO)S(=O)(=O)c1ccc(Cl)c(C(=O)Nc2ccc(F)c(Cl)c2)c1. The lowest BCUT2D eigenvalue weighted by Gasteiger charge is -2.17. The number of benzene rings is 8. The van der Waals surface area contributed by atoms with Crippen LogP contribution in [0.3, 0.4) is 0 Å². The normalized spacial score (nSPS) is 11.7. The van der Waals surface area contributed by atoms with E-state index in [1.807, 2.05) is 5.32 Å². The standard InChI is InChI=1S/C16H15BrClFN2O4S.C16H15Cl2FN2O4S.C16H14ClF3N2O4S.C16H13F5N2O4S/c1-21(6-7-22)26(24,25)15-8-10(2-4-13(15)18)16(23)20-11-3-5-14(19)12(17)9-11;1-21(6-7-22)26(24,25)11-3-4-13(17)12(9-11)16(23)20-10-2-5-15(19)14(18)8-10;1-22(4-5-23)27(25,26)14-6-9(2-3-11(14)17)16(24)21-10-7-12(18)15(20)13(19)8-10;1-23(2-3-24)28(26,27)14-6-9(10(17)7-11(14)18)16(25)22-8-4-12(19)15(21)13(20)5-8/h2*2-5,8-9,22H,6-7H2,1H3,(H,20,23);2-3,6-8,23H,4-5H2,1H3,(H,21,24);4-7,24H,2-3H2,1H3,(H,22,25). The van der Waals surface area contributed by atoms with Gasteiger partial charge in [-0.3, -0.25) is 19.2 Å². The summed E-state index contributed by atoms with van der Waals surface area (Å²) in [5.41, 5.74) is -1.50. The van der Waals surface area contributed by atoms with Crippen molar-refractivity contribution in [2.45, 2.75) is 19.6 Å². The van der Waals surface area contributed by atoms with Crippen LogP contribution in [0.15, 0.2) is 151 Å². The van der Waals surface area contributed by atoms with Crippen LogP contribution in [0.4, 0.5) is 66.7 Å². The molecule has 0 radical (unpaired) electrons. The average molecular weight is 1730 g/mol. The topological polar surface area (TPSA) is 347 Å². The largest absolute Gasteiger partial charge is 0.395 e. The zero-order valence-electron chi connectivity index (χ0n) is 55.1. The van der Waals surface area contributed by atoms with Gasteiger partial charge in [-0.1, -0.05) is 46.4 Å². The summed E-state index contributed by atoms with van der Waals surface area (Å²) in [6, 6.07) is 21.0. The van der Waals surface area contributed by atoms with Gasteiger partial charge in [0.05, 0.1) is 67.0 Å². The first-order valence-electron chi connectivity index (χ1n) is 29.5. The Bertz CT molecular complexity index is 5110. The summed E-state index contributed by atoms with van der Waals surface area (Å²) in [5.74, 6) is -17.2. The van der Waals surface area contributed by atoms with Crippen molar-refractivity contribution in [2.75, 3.05) is 102 Å². The number of rotatable bonds is 24. The summed E-state index contributed by atoms with van der Waals surface area (Å²) >= 11 is 26.6. The summed E-state index contributed by atoms with van der Waals surface area (Å²) in [7, 11) is -11.6. The van der Waals surface area contributed by atoms with Crippen molar-refractivity contribution in [1.82, 2.24) is 17.2 Å². The van der Waals surface area contributed by atoms with Crippen molar-refractivity contribution in [3.05, 3.63) is 232 Å². The third kappa shape index (κ3) is 23.3. The number of sulfonamides is 4. The smallest absolute Gasteiger partial charge is 0.258 e. The Kier molecular flexibility index (Phi) is 32.6. The molecule has 0 aliphatic carbocycles. The fourth-order valence-corrected chi connectivity index (χ4v) is 14.9. The highest BCUT2D eigenvalue weighted by molar-refractivity contribution is 9.10. The van der Waals surface area contributed by atoms with Gasteiger partial charge in [-0.05, 0) is 113 Å². The van der Waals surface area contributed by atoms with Crippen LogP contribution in [-0.2, 0) is 40.1 Å². The molecule has 4 amide bonds. The highest BCUT2D eigenvalue weighted by Crippen LogP contribution is 2.31. The van der Waals surface area contributed by atoms with Gasteiger partial charge in [-0.25, -0.2) is 77.6 Å². The molecule has 0 atom stereocenters. The molecule has 8 N–H and O–H groups in total. The van der Waals surface area contributed by atoms with Gasteiger partial charge in [0.2, 0.25) is 40.1 Å². The first-order chi connectivity index (χ1) is 49.9. The number of hydrogen-bond donors (Lipinski definition) is 8. The lowest BCUT2D eigenvalue weighted by molar-refractivity contribution is 0.101. The minimum Gasteiger partial charge on any atom is -0.395 e. The van der Waals surface area contributed by atoms with Crippen molar-refractivity contribution in [3.8, 4) is 0 Å².